The van der Waals surface area contributed by atoms with E-state index in [4.69, 9.17) is 5.11 Å². The molecule has 0 aliphatic rings. The molecular weight excluding hydrogens is 516 g/mol. The van der Waals surface area contributed by atoms with Gasteiger partial charge in [-0.1, -0.05) is 48.5 Å². The third kappa shape index (κ3) is 6.71. The number of rotatable bonds is 9. The SMILES string of the molecule is Cc1ccccc1NC(=O)C(Sc1ccc(NC(=O)c2ccc(C(=O)O)cc2C(=O)O)cc1)c1ccccc1. The quantitative estimate of drug-likeness (QED) is 0.188. The third-order valence-corrected chi connectivity index (χ3v) is 7.12. The molecule has 4 rings (SSSR count). The van der Waals surface area contributed by atoms with Crippen LogP contribution in [0.3, 0.4) is 0 Å². The molecule has 0 radical (unpaired) electrons. The number of carboxylic acids is 2. The Bertz CT molecular complexity index is 1540. The van der Waals surface area contributed by atoms with Crippen LogP contribution in [0.5, 0.6) is 0 Å². The van der Waals surface area contributed by atoms with E-state index in [1.54, 1.807) is 24.3 Å². The molecule has 0 saturated carbocycles. The fourth-order valence-electron chi connectivity index (χ4n) is 3.82. The van der Waals surface area contributed by atoms with Gasteiger partial charge in [-0.2, -0.15) is 0 Å². The number of aromatic carboxylic acids is 2. The summed E-state index contributed by atoms with van der Waals surface area (Å²) >= 11 is 1.35. The maximum absolute atomic E-state index is 13.3. The predicted molar refractivity (Wildman–Crippen MR) is 150 cm³/mol. The number of nitrogens with one attached hydrogen (secondary N) is 2. The molecule has 0 bridgehead atoms. The molecular formula is C30H24N2O6S. The standard InChI is InChI=1S/C30H24N2O6S/c1-18-7-5-6-10-25(18)32-28(34)26(19-8-3-2-4-9-19)39-22-14-12-21(13-15-22)31-27(33)23-16-11-20(29(35)36)17-24(23)30(37)38/h2-17,26H,1H3,(H,31,33)(H,32,34)(H,35,36)(H,37,38). The Kier molecular flexibility index (Phi) is 8.43. The van der Waals surface area contributed by atoms with Gasteiger partial charge in [0.15, 0.2) is 0 Å². The zero-order chi connectivity index (χ0) is 27.9. The van der Waals surface area contributed by atoms with Crippen LogP contribution >= 0.6 is 11.8 Å². The smallest absolute Gasteiger partial charge is 0.336 e. The lowest BCUT2D eigenvalue weighted by atomic mass is 10.0. The monoisotopic (exact) mass is 540 g/mol. The largest absolute Gasteiger partial charge is 0.478 e. The van der Waals surface area contributed by atoms with E-state index in [9.17, 15) is 24.3 Å². The van der Waals surface area contributed by atoms with Crippen LogP contribution in [-0.2, 0) is 4.79 Å². The Hall–Kier alpha value is -4.89. The van der Waals surface area contributed by atoms with Gasteiger partial charge in [0.25, 0.3) is 5.91 Å². The van der Waals surface area contributed by atoms with E-state index in [0.717, 1.165) is 27.8 Å². The summed E-state index contributed by atoms with van der Waals surface area (Å²) in [4.78, 5) is 49.6. The molecule has 4 aromatic carbocycles. The number of carbonyl (C=O) groups is 4. The molecule has 0 fully saturated rings. The average molecular weight is 541 g/mol. The Labute approximate surface area is 228 Å². The van der Waals surface area contributed by atoms with Crippen LogP contribution in [0.25, 0.3) is 0 Å². The van der Waals surface area contributed by atoms with Crippen LogP contribution in [0, 0.1) is 6.92 Å². The van der Waals surface area contributed by atoms with Crippen molar-refractivity contribution in [3.63, 3.8) is 0 Å². The maximum Gasteiger partial charge on any atom is 0.336 e. The van der Waals surface area contributed by atoms with Crippen molar-refractivity contribution in [3.8, 4) is 0 Å². The lowest BCUT2D eigenvalue weighted by Crippen LogP contribution is -2.19. The first-order chi connectivity index (χ1) is 18.7. The number of thioether (sulfide) groups is 1. The van der Waals surface area contributed by atoms with E-state index in [1.807, 2.05) is 61.5 Å². The first kappa shape index (κ1) is 27.2. The van der Waals surface area contributed by atoms with Crippen molar-refractivity contribution in [2.45, 2.75) is 17.1 Å². The lowest BCUT2D eigenvalue weighted by Gasteiger charge is -2.18. The van der Waals surface area contributed by atoms with Gasteiger partial charge in [0.2, 0.25) is 5.91 Å². The van der Waals surface area contributed by atoms with Gasteiger partial charge in [0.05, 0.1) is 16.7 Å². The molecule has 0 aromatic heterocycles. The van der Waals surface area contributed by atoms with Crippen LogP contribution in [0.15, 0.2) is 102 Å². The number of aryl methyl sites for hydroxylation is 1. The van der Waals surface area contributed by atoms with Crippen LogP contribution in [-0.4, -0.2) is 34.0 Å². The molecule has 196 valence electrons. The summed E-state index contributed by atoms with van der Waals surface area (Å²) in [7, 11) is 0. The van der Waals surface area contributed by atoms with Crippen molar-refractivity contribution in [1.29, 1.82) is 0 Å². The molecule has 8 nitrogen and oxygen atoms in total. The highest BCUT2D eigenvalue weighted by molar-refractivity contribution is 8.00. The number of para-hydroxylation sites is 1. The second-order valence-corrected chi connectivity index (χ2v) is 9.74. The van der Waals surface area contributed by atoms with Crippen molar-refractivity contribution in [2.75, 3.05) is 10.6 Å². The van der Waals surface area contributed by atoms with E-state index in [1.165, 1.54) is 23.9 Å². The second-order valence-electron chi connectivity index (χ2n) is 8.56. The molecule has 0 saturated heterocycles. The van der Waals surface area contributed by atoms with Gasteiger partial charge in [-0.25, -0.2) is 9.59 Å². The summed E-state index contributed by atoms with van der Waals surface area (Å²) in [6.07, 6.45) is 0. The number of hydrogen-bond acceptors (Lipinski definition) is 5. The van der Waals surface area contributed by atoms with Crippen molar-refractivity contribution in [2.24, 2.45) is 0 Å². The molecule has 39 heavy (non-hydrogen) atoms. The first-order valence-electron chi connectivity index (χ1n) is 11.8. The third-order valence-electron chi connectivity index (χ3n) is 5.85. The van der Waals surface area contributed by atoms with Gasteiger partial charge < -0.3 is 20.8 Å². The van der Waals surface area contributed by atoms with E-state index >= 15 is 0 Å². The van der Waals surface area contributed by atoms with Gasteiger partial charge >= 0.3 is 11.9 Å². The number of carbonyl (C=O) groups excluding carboxylic acids is 2. The number of hydrogen-bond donors (Lipinski definition) is 4. The van der Waals surface area contributed by atoms with Gasteiger partial charge in [0.1, 0.15) is 5.25 Å². The zero-order valence-electron chi connectivity index (χ0n) is 20.8. The molecule has 4 N–H and O–H groups in total. The highest BCUT2D eigenvalue weighted by atomic mass is 32.2. The summed E-state index contributed by atoms with van der Waals surface area (Å²) in [6.45, 7) is 1.92. The van der Waals surface area contributed by atoms with Crippen LogP contribution < -0.4 is 10.6 Å². The van der Waals surface area contributed by atoms with Crippen molar-refractivity contribution in [3.05, 3.63) is 125 Å². The fraction of sp³-hybridized carbons (Fsp3) is 0.0667. The van der Waals surface area contributed by atoms with E-state index < -0.39 is 28.7 Å². The molecule has 2 amide bonds. The summed E-state index contributed by atoms with van der Waals surface area (Å²) in [5.41, 5.74) is 2.11. The maximum atomic E-state index is 13.3. The fourth-order valence-corrected chi connectivity index (χ4v) is 4.84. The number of anilines is 2. The summed E-state index contributed by atoms with van der Waals surface area (Å²) < 4.78 is 0. The molecule has 0 aliphatic carbocycles. The minimum absolute atomic E-state index is 0.164. The predicted octanol–water partition coefficient (Wildman–Crippen LogP) is 6.12. The Morgan fingerprint density at radius 2 is 1.38 bits per heavy atom. The second kappa shape index (κ2) is 12.1. The molecule has 0 aliphatic heterocycles. The molecule has 1 unspecified atom stereocenters. The summed E-state index contributed by atoms with van der Waals surface area (Å²) in [5.74, 6) is -3.57. The summed E-state index contributed by atoms with van der Waals surface area (Å²) in [6, 6.07) is 27.0. The van der Waals surface area contributed by atoms with Crippen LogP contribution in [0.2, 0.25) is 0 Å². The molecule has 0 heterocycles. The molecule has 9 heteroatoms. The average Bonchev–Trinajstić information content (AvgIpc) is 2.93. The van der Waals surface area contributed by atoms with Crippen molar-refractivity contribution >= 4 is 46.9 Å². The van der Waals surface area contributed by atoms with E-state index in [-0.39, 0.29) is 17.0 Å². The molecule has 0 spiro atoms. The highest BCUT2D eigenvalue weighted by Crippen LogP contribution is 2.37. The Morgan fingerprint density at radius 1 is 0.718 bits per heavy atom. The normalized spacial score (nSPS) is 11.3. The Balaban J connectivity index is 1.51. The number of benzene rings is 4. The first-order valence-corrected chi connectivity index (χ1v) is 12.7. The van der Waals surface area contributed by atoms with Crippen molar-refractivity contribution in [1.82, 2.24) is 0 Å². The minimum atomic E-state index is -1.41. The highest BCUT2D eigenvalue weighted by Gasteiger charge is 2.23. The van der Waals surface area contributed by atoms with Gasteiger partial charge in [0, 0.05) is 16.3 Å². The van der Waals surface area contributed by atoms with Gasteiger partial charge in [-0.15, -0.1) is 11.8 Å². The lowest BCUT2D eigenvalue weighted by molar-refractivity contribution is -0.115. The minimum Gasteiger partial charge on any atom is -0.478 e. The molecule has 4 aromatic rings. The number of carboxylic acid groups (broad SMARTS) is 2. The Morgan fingerprint density at radius 3 is 2.03 bits per heavy atom. The van der Waals surface area contributed by atoms with E-state index in [0.29, 0.717) is 5.69 Å². The topological polar surface area (TPSA) is 133 Å². The molecule has 1 atom stereocenters. The van der Waals surface area contributed by atoms with Crippen molar-refractivity contribution < 1.29 is 29.4 Å². The van der Waals surface area contributed by atoms with E-state index in [2.05, 4.69) is 10.6 Å². The number of amides is 2. The van der Waals surface area contributed by atoms with Crippen LogP contribution in [0.1, 0.15) is 47.5 Å². The summed E-state index contributed by atoms with van der Waals surface area (Å²) in [5, 5.41) is 23.7. The van der Waals surface area contributed by atoms with Gasteiger partial charge in [-0.05, 0) is 66.6 Å². The van der Waals surface area contributed by atoms with Crippen LogP contribution in [0.4, 0.5) is 11.4 Å². The zero-order valence-corrected chi connectivity index (χ0v) is 21.6. The van der Waals surface area contributed by atoms with Gasteiger partial charge in [-0.3, -0.25) is 9.59 Å².